The van der Waals surface area contributed by atoms with Crippen molar-refractivity contribution in [1.82, 2.24) is 20.3 Å². The van der Waals surface area contributed by atoms with E-state index >= 15 is 0 Å². The highest BCUT2D eigenvalue weighted by molar-refractivity contribution is 7.89. The summed E-state index contributed by atoms with van der Waals surface area (Å²) in [7, 11) is -3.38. The lowest BCUT2D eigenvalue weighted by Gasteiger charge is -2.36. The van der Waals surface area contributed by atoms with Gasteiger partial charge in [0.25, 0.3) is 0 Å². The van der Waals surface area contributed by atoms with Gasteiger partial charge in [-0.15, -0.1) is 0 Å². The van der Waals surface area contributed by atoms with Crippen molar-refractivity contribution in [2.45, 2.75) is 94.6 Å². The van der Waals surface area contributed by atoms with Gasteiger partial charge in [0.1, 0.15) is 6.17 Å². The fourth-order valence-corrected chi connectivity index (χ4v) is 8.26. The third kappa shape index (κ3) is 6.27. The monoisotopic (exact) mass is 486 g/mol. The number of carbonyl (C=O) groups excluding carboxylic acids is 1. The van der Waals surface area contributed by atoms with E-state index in [1.807, 2.05) is 6.92 Å². The summed E-state index contributed by atoms with van der Waals surface area (Å²) in [5, 5.41) is 9.48. The number of nitrogens with one attached hydrogen (secondary N) is 3. The minimum absolute atomic E-state index is 0.0251. The summed E-state index contributed by atoms with van der Waals surface area (Å²) in [5.41, 5.74) is 0. The van der Waals surface area contributed by atoms with Crippen LogP contribution in [0.1, 0.15) is 71.1 Å². The number of piperidine rings is 2. The largest absolute Gasteiger partial charge is 0.355 e. The van der Waals surface area contributed by atoms with Crippen LogP contribution in [0.15, 0.2) is 0 Å². The Morgan fingerprint density at radius 3 is 2.61 bits per heavy atom. The van der Waals surface area contributed by atoms with Crippen molar-refractivity contribution in [3.05, 3.63) is 0 Å². The number of hydrogen-bond donors (Lipinski definition) is 3. The fraction of sp³-hybridized carbons (Fsp3) is 0.958. The molecule has 6 unspecified atom stereocenters. The summed E-state index contributed by atoms with van der Waals surface area (Å²) in [6.45, 7) is 5.76. The molecule has 0 spiro atoms. The topological polar surface area (TPSA) is 90.5 Å². The van der Waals surface area contributed by atoms with E-state index < -0.39 is 21.4 Å². The van der Waals surface area contributed by atoms with Crippen LogP contribution in [-0.2, 0) is 14.8 Å². The molecule has 33 heavy (non-hydrogen) atoms. The SMILES string of the molecule is CC1CCC(S(=O)(=O)N2CCC(CCCCNC(=O)C3CC4CNCCC4N3)CC2)CC1F. The second-order valence-corrected chi connectivity index (χ2v) is 13.1. The number of amides is 1. The van der Waals surface area contributed by atoms with E-state index in [0.29, 0.717) is 50.4 Å². The number of rotatable bonds is 8. The molecule has 6 atom stereocenters. The number of carbonyl (C=O) groups is 1. The van der Waals surface area contributed by atoms with Gasteiger partial charge >= 0.3 is 0 Å². The Morgan fingerprint density at radius 1 is 1.09 bits per heavy atom. The van der Waals surface area contributed by atoms with E-state index in [2.05, 4.69) is 16.0 Å². The number of nitrogens with zero attached hydrogens (tertiary/aromatic N) is 1. The molecule has 7 nitrogen and oxygen atoms in total. The normalized spacial score (nSPS) is 36.4. The number of alkyl halides is 1. The van der Waals surface area contributed by atoms with Crippen LogP contribution in [-0.4, -0.2) is 74.9 Å². The Labute approximate surface area is 199 Å². The molecule has 4 rings (SSSR count). The molecule has 3 saturated heterocycles. The van der Waals surface area contributed by atoms with Gasteiger partial charge in [-0.25, -0.2) is 17.1 Å². The van der Waals surface area contributed by atoms with Crippen LogP contribution < -0.4 is 16.0 Å². The average molecular weight is 487 g/mol. The van der Waals surface area contributed by atoms with Gasteiger partial charge in [0.2, 0.25) is 15.9 Å². The molecule has 4 aliphatic rings. The van der Waals surface area contributed by atoms with E-state index in [1.165, 1.54) is 0 Å². The van der Waals surface area contributed by atoms with Crippen molar-refractivity contribution < 1.29 is 17.6 Å². The Hall–Kier alpha value is -0.770. The molecule has 0 aromatic heterocycles. The molecule has 190 valence electrons. The summed E-state index contributed by atoms with van der Waals surface area (Å²) in [6.07, 6.45) is 7.30. The maximum absolute atomic E-state index is 14.1. The quantitative estimate of drug-likeness (QED) is 0.458. The van der Waals surface area contributed by atoms with Gasteiger partial charge in [-0.3, -0.25) is 4.79 Å². The molecule has 0 bridgehead atoms. The van der Waals surface area contributed by atoms with E-state index in [0.717, 1.165) is 58.0 Å². The predicted molar refractivity (Wildman–Crippen MR) is 128 cm³/mol. The lowest BCUT2D eigenvalue weighted by molar-refractivity contribution is -0.122. The summed E-state index contributed by atoms with van der Waals surface area (Å²) >= 11 is 0. The molecule has 3 aliphatic heterocycles. The standard InChI is InChI=1S/C24H43FN4O3S/c1-17-5-6-20(15-21(17)25)33(31,32)29-12-8-18(9-13-29)4-2-3-10-27-24(30)23-14-19-16-26-11-7-22(19)28-23/h17-23,26,28H,2-16H2,1H3,(H,27,30). The zero-order valence-electron chi connectivity index (χ0n) is 20.1. The number of fused-ring (bicyclic) bond motifs is 1. The first-order valence-corrected chi connectivity index (χ1v) is 14.7. The molecule has 1 saturated carbocycles. The minimum Gasteiger partial charge on any atom is -0.355 e. The molecule has 3 heterocycles. The second-order valence-electron chi connectivity index (χ2n) is 10.9. The highest BCUT2D eigenvalue weighted by atomic mass is 32.2. The van der Waals surface area contributed by atoms with E-state index in [1.54, 1.807) is 4.31 Å². The smallest absolute Gasteiger partial charge is 0.237 e. The fourth-order valence-electron chi connectivity index (χ4n) is 6.26. The van der Waals surface area contributed by atoms with Gasteiger partial charge in [0, 0.05) is 25.7 Å². The van der Waals surface area contributed by atoms with Crippen LogP contribution >= 0.6 is 0 Å². The number of hydrogen-bond acceptors (Lipinski definition) is 5. The highest BCUT2D eigenvalue weighted by Gasteiger charge is 2.40. The molecule has 0 aromatic rings. The molecule has 0 radical (unpaired) electrons. The van der Waals surface area contributed by atoms with Crippen molar-refractivity contribution in [3.63, 3.8) is 0 Å². The minimum atomic E-state index is -3.38. The summed E-state index contributed by atoms with van der Waals surface area (Å²) < 4.78 is 41.6. The van der Waals surface area contributed by atoms with Gasteiger partial charge in [0.15, 0.2) is 0 Å². The molecular formula is C24H43FN4O3S. The van der Waals surface area contributed by atoms with Crippen LogP contribution in [0.5, 0.6) is 0 Å². The zero-order valence-corrected chi connectivity index (χ0v) is 20.9. The van der Waals surface area contributed by atoms with Crippen molar-refractivity contribution >= 4 is 15.9 Å². The maximum atomic E-state index is 14.1. The van der Waals surface area contributed by atoms with Gasteiger partial charge in [-0.2, -0.15) is 0 Å². The van der Waals surface area contributed by atoms with Crippen LogP contribution in [0.3, 0.4) is 0 Å². The van der Waals surface area contributed by atoms with Gasteiger partial charge < -0.3 is 16.0 Å². The molecular weight excluding hydrogens is 443 g/mol. The highest BCUT2D eigenvalue weighted by Crippen LogP contribution is 2.34. The van der Waals surface area contributed by atoms with Crippen molar-refractivity contribution in [2.75, 3.05) is 32.7 Å². The van der Waals surface area contributed by atoms with Crippen molar-refractivity contribution in [2.24, 2.45) is 17.8 Å². The molecule has 1 aliphatic carbocycles. The Balaban J connectivity index is 1.09. The Morgan fingerprint density at radius 2 is 1.88 bits per heavy atom. The van der Waals surface area contributed by atoms with Crippen molar-refractivity contribution in [1.29, 1.82) is 0 Å². The molecule has 4 fully saturated rings. The second kappa shape index (κ2) is 11.3. The third-order valence-electron chi connectivity index (χ3n) is 8.62. The first-order valence-electron chi connectivity index (χ1n) is 13.2. The van der Waals surface area contributed by atoms with E-state index in [9.17, 15) is 17.6 Å². The number of halogens is 1. The average Bonchev–Trinajstić information content (AvgIpc) is 3.25. The van der Waals surface area contributed by atoms with E-state index in [-0.39, 0.29) is 24.3 Å². The van der Waals surface area contributed by atoms with Gasteiger partial charge in [0.05, 0.1) is 11.3 Å². The maximum Gasteiger partial charge on any atom is 0.237 e. The Bertz CT molecular complexity index is 745. The van der Waals surface area contributed by atoms with Crippen LogP contribution in [0.25, 0.3) is 0 Å². The van der Waals surface area contributed by atoms with Crippen LogP contribution in [0.2, 0.25) is 0 Å². The number of sulfonamides is 1. The molecule has 0 aromatic carbocycles. The van der Waals surface area contributed by atoms with Crippen molar-refractivity contribution in [3.8, 4) is 0 Å². The number of unbranched alkanes of at least 4 members (excludes halogenated alkanes) is 1. The lowest BCUT2D eigenvalue weighted by atomic mass is 9.89. The van der Waals surface area contributed by atoms with Crippen LogP contribution in [0, 0.1) is 17.8 Å². The zero-order chi connectivity index (χ0) is 23.4. The van der Waals surface area contributed by atoms with Gasteiger partial charge in [-0.05, 0) is 82.2 Å². The summed E-state index contributed by atoms with van der Waals surface area (Å²) in [5.74, 6) is 1.22. The summed E-state index contributed by atoms with van der Waals surface area (Å²) in [6, 6.07) is 0.433. The predicted octanol–water partition coefficient (Wildman–Crippen LogP) is 2.18. The first-order chi connectivity index (χ1) is 15.8. The summed E-state index contributed by atoms with van der Waals surface area (Å²) in [4.78, 5) is 12.5. The van der Waals surface area contributed by atoms with Crippen LogP contribution in [0.4, 0.5) is 4.39 Å². The third-order valence-corrected chi connectivity index (χ3v) is 11.0. The lowest BCUT2D eigenvalue weighted by Crippen LogP contribution is -2.46. The van der Waals surface area contributed by atoms with Gasteiger partial charge in [-0.1, -0.05) is 19.8 Å². The molecule has 3 N–H and O–H groups in total. The Kier molecular flexibility index (Phi) is 8.68. The first kappa shape index (κ1) is 25.3. The molecule has 9 heteroatoms. The van der Waals surface area contributed by atoms with E-state index in [4.69, 9.17) is 0 Å². The molecule has 1 amide bonds.